The first-order valence-electron chi connectivity index (χ1n) is 8.14. The van der Waals surface area contributed by atoms with Gasteiger partial charge in [0.2, 0.25) is 0 Å². The van der Waals surface area contributed by atoms with Crippen molar-refractivity contribution in [1.29, 1.82) is 0 Å². The van der Waals surface area contributed by atoms with Crippen LogP contribution in [0.5, 0.6) is 5.75 Å². The monoisotopic (exact) mass is 324 g/mol. The Morgan fingerprint density at radius 3 is 2.38 bits per heavy atom. The fraction of sp³-hybridized carbons (Fsp3) is 0.300. The Labute approximate surface area is 143 Å². The first-order chi connectivity index (χ1) is 11.5. The molecule has 1 atom stereocenters. The lowest BCUT2D eigenvalue weighted by Gasteiger charge is -2.14. The minimum Gasteiger partial charge on any atom is -0.481 e. The number of benzene rings is 2. The average molecular weight is 324 g/mol. The summed E-state index contributed by atoms with van der Waals surface area (Å²) in [5, 5.41) is 3.99. The van der Waals surface area contributed by atoms with E-state index in [2.05, 4.69) is 35.7 Å². The van der Waals surface area contributed by atoms with Crippen LogP contribution < -0.4 is 10.2 Å². The van der Waals surface area contributed by atoms with E-state index in [1.54, 1.807) is 13.1 Å². The van der Waals surface area contributed by atoms with Gasteiger partial charge in [0, 0.05) is 0 Å². The highest BCUT2D eigenvalue weighted by atomic mass is 16.5. The molecule has 0 saturated heterocycles. The molecule has 0 fully saturated rings. The summed E-state index contributed by atoms with van der Waals surface area (Å²) in [6, 6.07) is 13.9. The van der Waals surface area contributed by atoms with Crippen molar-refractivity contribution in [2.45, 2.75) is 40.2 Å². The maximum atomic E-state index is 12.1. The zero-order valence-electron chi connectivity index (χ0n) is 14.7. The van der Waals surface area contributed by atoms with Crippen LogP contribution in [0.4, 0.5) is 0 Å². The van der Waals surface area contributed by atoms with Crippen molar-refractivity contribution in [2.75, 3.05) is 0 Å². The summed E-state index contributed by atoms with van der Waals surface area (Å²) in [7, 11) is 0. The molecule has 1 N–H and O–H groups in total. The van der Waals surface area contributed by atoms with E-state index >= 15 is 0 Å². The maximum Gasteiger partial charge on any atom is 0.280 e. The molecule has 24 heavy (non-hydrogen) atoms. The van der Waals surface area contributed by atoms with Gasteiger partial charge in [0.15, 0.2) is 6.10 Å². The highest BCUT2D eigenvalue weighted by Gasteiger charge is 2.14. The van der Waals surface area contributed by atoms with E-state index in [9.17, 15) is 4.79 Å². The van der Waals surface area contributed by atoms with Crippen LogP contribution in [-0.4, -0.2) is 18.2 Å². The Balaban J connectivity index is 1.89. The SMILES string of the molecule is CCc1ccc(C=NNC(=O)C(C)Oc2cc(C)cc(C)c2)cc1. The third-order valence-corrected chi connectivity index (χ3v) is 3.65. The van der Waals surface area contributed by atoms with E-state index in [0.29, 0.717) is 5.75 Å². The number of hydrogen-bond acceptors (Lipinski definition) is 3. The third kappa shape index (κ3) is 5.23. The van der Waals surface area contributed by atoms with Gasteiger partial charge in [-0.1, -0.05) is 37.3 Å². The molecule has 0 spiro atoms. The van der Waals surface area contributed by atoms with Gasteiger partial charge >= 0.3 is 0 Å². The van der Waals surface area contributed by atoms with Gasteiger partial charge in [0.25, 0.3) is 5.91 Å². The van der Waals surface area contributed by atoms with Crippen LogP contribution in [0.3, 0.4) is 0 Å². The van der Waals surface area contributed by atoms with Crippen LogP contribution in [0.25, 0.3) is 0 Å². The second-order valence-corrected chi connectivity index (χ2v) is 5.91. The van der Waals surface area contributed by atoms with Crippen molar-refractivity contribution in [2.24, 2.45) is 5.10 Å². The number of nitrogens with one attached hydrogen (secondary N) is 1. The molecular formula is C20H24N2O2. The molecule has 4 heteroatoms. The lowest BCUT2D eigenvalue weighted by atomic mass is 10.1. The summed E-state index contributed by atoms with van der Waals surface area (Å²) in [5.74, 6) is 0.407. The average Bonchev–Trinajstić information content (AvgIpc) is 2.54. The Kier molecular flexibility index (Phi) is 6.13. The maximum absolute atomic E-state index is 12.1. The van der Waals surface area contributed by atoms with Crippen LogP contribution in [0, 0.1) is 13.8 Å². The lowest BCUT2D eigenvalue weighted by Crippen LogP contribution is -2.33. The second kappa shape index (κ2) is 8.29. The van der Waals surface area contributed by atoms with Crippen LogP contribution >= 0.6 is 0 Å². The van der Waals surface area contributed by atoms with Gasteiger partial charge in [-0.2, -0.15) is 5.10 Å². The number of carbonyl (C=O) groups excluding carboxylic acids is 1. The Bertz CT molecular complexity index is 701. The van der Waals surface area contributed by atoms with Gasteiger partial charge < -0.3 is 4.74 Å². The summed E-state index contributed by atoms with van der Waals surface area (Å²) in [5.41, 5.74) is 6.93. The number of amides is 1. The quantitative estimate of drug-likeness (QED) is 0.649. The standard InChI is InChI=1S/C20H24N2O2/c1-5-17-6-8-18(9-7-17)13-21-22-20(23)16(4)24-19-11-14(2)10-15(3)12-19/h6-13,16H,5H2,1-4H3,(H,22,23). The van der Waals surface area contributed by atoms with Gasteiger partial charge in [-0.25, -0.2) is 5.43 Å². The molecule has 0 aromatic heterocycles. The topological polar surface area (TPSA) is 50.7 Å². The van der Waals surface area contributed by atoms with E-state index in [0.717, 1.165) is 23.1 Å². The van der Waals surface area contributed by atoms with Crippen LogP contribution in [0.15, 0.2) is 47.6 Å². The van der Waals surface area contributed by atoms with Gasteiger partial charge in [0.1, 0.15) is 5.75 Å². The summed E-state index contributed by atoms with van der Waals surface area (Å²) >= 11 is 0. The Morgan fingerprint density at radius 1 is 1.17 bits per heavy atom. The molecule has 0 saturated carbocycles. The summed E-state index contributed by atoms with van der Waals surface area (Å²) in [6.45, 7) is 7.82. The van der Waals surface area contributed by atoms with E-state index in [4.69, 9.17) is 4.74 Å². The van der Waals surface area contributed by atoms with E-state index in [-0.39, 0.29) is 5.91 Å². The molecule has 1 amide bonds. The zero-order valence-corrected chi connectivity index (χ0v) is 14.7. The number of nitrogens with zero attached hydrogens (tertiary/aromatic N) is 1. The number of aryl methyl sites for hydroxylation is 3. The molecule has 0 radical (unpaired) electrons. The summed E-state index contributed by atoms with van der Waals surface area (Å²) < 4.78 is 5.68. The van der Waals surface area contributed by atoms with E-state index in [1.165, 1.54) is 5.56 Å². The Hall–Kier alpha value is -2.62. The molecule has 0 aliphatic carbocycles. The summed E-state index contributed by atoms with van der Waals surface area (Å²) in [4.78, 5) is 12.1. The molecule has 2 aromatic rings. The van der Waals surface area contributed by atoms with Crippen molar-refractivity contribution >= 4 is 12.1 Å². The van der Waals surface area contributed by atoms with E-state index < -0.39 is 6.10 Å². The minimum atomic E-state index is -0.620. The van der Waals surface area contributed by atoms with Crippen molar-refractivity contribution in [1.82, 2.24) is 5.43 Å². The number of hydrogen-bond donors (Lipinski definition) is 1. The number of hydrazone groups is 1. The molecule has 0 bridgehead atoms. The van der Waals surface area contributed by atoms with Crippen molar-refractivity contribution in [3.63, 3.8) is 0 Å². The predicted octanol–water partition coefficient (Wildman–Crippen LogP) is 3.78. The number of carbonyl (C=O) groups is 1. The molecular weight excluding hydrogens is 300 g/mol. The largest absolute Gasteiger partial charge is 0.481 e. The van der Waals surface area contributed by atoms with Gasteiger partial charge in [0.05, 0.1) is 6.21 Å². The van der Waals surface area contributed by atoms with Gasteiger partial charge in [-0.3, -0.25) is 4.79 Å². The zero-order chi connectivity index (χ0) is 17.5. The molecule has 2 rings (SSSR count). The predicted molar refractivity (Wildman–Crippen MR) is 97.6 cm³/mol. The third-order valence-electron chi connectivity index (χ3n) is 3.65. The van der Waals surface area contributed by atoms with E-state index in [1.807, 2.05) is 38.1 Å². The minimum absolute atomic E-state index is 0.282. The van der Waals surface area contributed by atoms with Crippen LogP contribution in [-0.2, 0) is 11.2 Å². The van der Waals surface area contributed by atoms with Crippen molar-refractivity contribution in [3.05, 3.63) is 64.7 Å². The van der Waals surface area contributed by atoms with Gasteiger partial charge in [-0.05, 0) is 61.6 Å². The highest BCUT2D eigenvalue weighted by molar-refractivity contribution is 5.84. The molecule has 1 unspecified atom stereocenters. The molecule has 0 aliphatic rings. The fourth-order valence-electron chi connectivity index (χ4n) is 2.36. The molecule has 2 aromatic carbocycles. The second-order valence-electron chi connectivity index (χ2n) is 5.91. The molecule has 0 heterocycles. The fourth-order valence-corrected chi connectivity index (χ4v) is 2.36. The molecule has 4 nitrogen and oxygen atoms in total. The molecule has 0 aliphatic heterocycles. The van der Waals surface area contributed by atoms with Gasteiger partial charge in [-0.15, -0.1) is 0 Å². The smallest absolute Gasteiger partial charge is 0.280 e. The Morgan fingerprint density at radius 2 is 1.79 bits per heavy atom. The first kappa shape index (κ1) is 17.7. The van der Waals surface area contributed by atoms with Crippen LogP contribution in [0.1, 0.15) is 36.1 Å². The number of ether oxygens (including phenoxy) is 1. The normalized spacial score (nSPS) is 12.2. The molecule has 126 valence electrons. The first-order valence-corrected chi connectivity index (χ1v) is 8.14. The van der Waals surface area contributed by atoms with Crippen molar-refractivity contribution < 1.29 is 9.53 Å². The van der Waals surface area contributed by atoms with Crippen molar-refractivity contribution in [3.8, 4) is 5.75 Å². The van der Waals surface area contributed by atoms with Crippen LogP contribution in [0.2, 0.25) is 0 Å². The number of rotatable bonds is 6. The summed E-state index contributed by atoms with van der Waals surface area (Å²) in [6.07, 6.45) is 2.01. The lowest BCUT2D eigenvalue weighted by molar-refractivity contribution is -0.127. The highest BCUT2D eigenvalue weighted by Crippen LogP contribution is 2.17.